The molecule has 6 nitrogen and oxygen atoms in total. The third-order valence-electron chi connectivity index (χ3n) is 3.10. The second kappa shape index (κ2) is 7.03. The molecule has 0 N–H and O–H groups in total. The van der Waals surface area contributed by atoms with Crippen LogP contribution in [0.1, 0.15) is 5.56 Å². The molecule has 3 rings (SSSR count). The molecule has 0 atom stereocenters. The number of nitrogens with zero attached hydrogens (tertiary/aromatic N) is 4. The van der Waals surface area contributed by atoms with Gasteiger partial charge in [-0.1, -0.05) is 18.2 Å². The molecule has 0 radical (unpaired) electrons. The Morgan fingerprint density at radius 2 is 1.96 bits per heavy atom. The van der Waals surface area contributed by atoms with E-state index in [1.54, 1.807) is 12.3 Å². The zero-order valence-electron chi connectivity index (χ0n) is 12.5. The van der Waals surface area contributed by atoms with Gasteiger partial charge >= 0.3 is 0 Å². The van der Waals surface area contributed by atoms with Crippen LogP contribution in [-0.2, 0) is 0 Å². The average Bonchev–Trinajstić information content (AvgIpc) is 3.07. The third kappa shape index (κ3) is 3.22. The molecule has 3 aromatic rings. The Kier molecular flexibility index (Phi) is 4.64. The number of ether oxygens (including phenoxy) is 2. The molecule has 0 bridgehead atoms. The highest BCUT2D eigenvalue weighted by Gasteiger charge is 2.16. The second-order valence-electron chi connectivity index (χ2n) is 4.52. The molecule has 7 heteroatoms. The van der Waals surface area contributed by atoms with Crippen molar-refractivity contribution in [2.45, 2.75) is 5.03 Å². The lowest BCUT2D eigenvalue weighted by atomic mass is 10.3. The highest BCUT2D eigenvalue weighted by molar-refractivity contribution is 7.98. The smallest absolute Gasteiger partial charge is 0.237 e. The van der Waals surface area contributed by atoms with Crippen LogP contribution < -0.4 is 9.47 Å². The van der Waals surface area contributed by atoms with E-state index in [-0.39, 0.29) is 0 Å². The summed E-state index contributed by atoms with van der Waals surface area (Å²) in [5.41, 5.74) is 1.03. The lowest BCUT2D eigenvalue weighted by molar-refractivity contribution is 0.207. The summed E-state index contributed by atoms with van der Waals surface area (Å²) in [5.74, 6) is 1.17. The van der Waals surface area contributed by atoms with Gasteiger partial charge in [0.2, 0.25) is 5.88 Å². The van der Waals surface area contributed by atoms with Gasteiger partial charge in [-0.3, -0.25) is 0 Å². The molecule has 23 heavy (non-hydrogen) atoms. The van der Waals surface area contributed by atoms with Crippen molar-refractivity contribution in [1.82, 2.24) is 14.6 Å². The SMILES string of the molecule is CSc1nc2ccnn2c(OCCOc2ccccc2)c1C#N. The Morgan fingerprint density at radius 3 is 2.70 bits per heavy atom. The fourth-order valence-electron chi connectivity index (χ4n) is 2.09. The topological polar surface area (TPSA) is 72.4 Å². The number of benzene rings is 1. The van der Waals surface area contributed by atoms with Crippen LogP contribution in [0.2, 0.25) is 0 Å². The molecule has 0 aliphatic heterocycles. The summed E-state index contributed by atoms with van der Waals surface area (Å²) in [4.78, 5) is 4.39. The van der Waals surface area contributed by atoms with Gasteiger partial charge in [0.25, 0.3) is 0 Å². The van der Waals surface area contributed by atoms with E-state index in [0.29, 0.717) is 35.3 Å². The van der Waals surface area contributed by atoms with Gasteiger partial charge in [-0.25, -0.2) is 4.98 Å². The van der Waals surface area contributed by atoms with E-state index in [4.69, 9.17) is 9.47 Å². The largest absolute Gasteiger partial charge is 0.490 e. The monoisotopic (exact) mass is 326 g/mol. The lowest BCUT2D eigenvalue weighted by Gasteiger charge is -2.12. The first-order chi connectivity index (χ1) is 11.3. The Bertz CT molecular complexity index is 842. The molecule has 0 unspecified atom stereocenters. The molecule has 2 aromatic heterocycles. The van der Waals surface area contributed by atoms with Crippen LogP contribution in [-0.4, -0.2) is 34.1 Å². The third-order valence-corrected chi connectivity index (χ3v) is 3.78. The van der Waals surface area contributed by atoms with E-state index in [2.05, 4.69) is 16.2 Å². The molecule has 0 aliphatic carbocycles. The Hall–Kier alpha value is -2.72. The van der Waals surface area contributed by atoms with Gasteiger partial charge in [0.15, 0.2) is 5.65 Å². The van der Waals surface area contributed by atoms with E-state index < -0.39 is 0 Å². The van der Waals surface area contributed by atoms with Gasteiger partial charge in [-0.05, 0) is 18.4 Å². The number of nitriles is 1. The molecule has 116 valence electrons. The average molecular weight is 326 g/mol. The van der Waals surface area contributed by atoms with Crippen LogP contribution >= 0.6 is 11.8 Å². The van der Waals surface area contributed by atoms with Crippen LogP contribution in [0.15, 0.2) is 47.6 Å². The van der Waals surface area contributed by atoms with E-state index in [9.17, 15) is 5.26 Å². The summed E-state index contributed by atoms with van der Waals surface area (Å²) in [6.45, 7) is 0.672. The highest BCUT2D eigenvalue weighted by Crippen LogP contribution is 2.27. The molecule has 1 aromatic carbocycles. The Labute approximate surface area is 137 Å². The number of hydrogen-bond acceptors (Lipinski definition) is 6. The van der Waals surface area contributed by atoms with Gasteiger partial charge in [-0.2, -0.15) is 14.9 Å². The van der Waals surface area contributed by atoms with Gasteiger partial charge in [0, 0.05) is 6.07 Å². The van der Waals surface area contributed by atoms with Gasteiger partial charge in [0.05, 0.1) is 6.20 Å². The van der Waals surface area contributed by atoms with Gasteiger partial charge in [-0.15, -0.1) is 11.8 Å². The van der Waals surface area contributed by atoms with Crippen LogP contribution in [0, 0.1) is 11.3 Å². The molecular formula is C16H14N4O2S. The Morgan fingerprint density at radius 1 is 1.17 bits per heavy atom. The molecule has 0 aliphatic rings. The van der Waals surface area contributed by atoms with E-state index in [1.165, 1.54) is 16.3 Å². The maximum Gasteiger partial charge on any atom is 0.237 e. The number of rotatable bonds is 6. The summed E-state index contributed by atoms with van der Waals surface area (Å²) in [6.07, 6.45) is 3.50. The summed E-state index contributed by atoms with van der Waals surface area (Å²) < 4.78 is 12.9. The van der Waals surface area contributed by atoms with E-state index in [1.807, 2.05) is 36.6 Å². The van der Waals surface area contributed by atoms with Crippen molar-refractivity contribution in [2.75, 3.05) is 19.5 Å². The minimum atomic E-state index is 0.302. The van der Waals surface area contributed by atoms with Crippen molar-refractivity contribution in [3.8, 4) is 17.7 Å². The molecule has 0 saturated carbocycles. The first kappa shape index (κ1) is 15.2. The molecule has 0 amide bonds. The quantitative estimate of drug-likeness (QED) is 0.394. The van der Waals surface area contributed by atoms with E-state index >= 15 is 0 Å². The highest BCUT2D eigenvalue weighted by atomic mass is 32.2. The van der Waals surface area contributed by atoms with Crippen LogP contribution in [0.5, 0.6) is 11.6 Å². The summed E-state index contributed by atoms with van der Waals surface area (Å²) in [6, 6.07) is 13.4. The van der Waals surface area contributed by atoms with Crippen molar-refractivity contribution in [3.63, 3.8) is 0 Å². The predicted molar refractivity (Wildman–Crippen MR) is 86.9 cm³/mol. The van der Waals surface area contributed by atoms with Crippen molar-refractivity contribution in [1.29, 1.82) is 5.26 Å². The van der Waals surface area contributed by atoms with Crippen LogP contribution in [0.3, 0.4) is 0 Å². The van der Waals surface area contributed by atoms with Crippen LogP contribution in [0.4, 0.5) is 0 Å². The van der Waals surface area contributed by atoms with Crippen molar-refractivity contribution in [2.24, 2.45) is 0 Å². The van der Waals surface area contributed by atoms with Crippen LogP contribution in [0.25, 0.3) is 5.65 Å². The number of fused-ring (bicyclic) bond motifs is 1. The lowest BCUT2D eigenvalue weighted by Crippen LogP contribution is -2.13. The maximum atomic E-state index is 9.41. The molecule has 0 fully saturated rings. The molecule has 0 spiro atoms. The van der Waals surface area contributed by atoms with Gasteiger partial charge in [0.1, 0.15) is 35.6 Å². The van der Waals surface area contributed by atoms with E-state index in [0.717, 1.165) is 5.75 Å². The maximum absolute atomic E-state index is 9.41. The fraction of sp³-hybridized carbons (Fsp3) is 0.188. The normalized spacial score (nSPS) is 10.4. The predicted octanol–water partition coefficient (Wildman–Crippen LogP) is 2.78. The molecule has 0 saturated heterocycles. The number of hydrogen-bond donors (Lipinski definition) is 0. The summed E-state index contributed by atoms with van der Waals surface area (Å²) >= 11 is 1.40. The molecule has 2 heterocycles. The first-order valence-electron chi connectivity index (χ1n) is 6.96. The summed E-state index contributed by atoms with van der Waals surface area (Å²) in [7, 11) is 0. The minimum Gasteiger partial charge on any atom is -0.490 e. The minimum absolute atomic E-state index is 0.302. The van der Waals surface area contributed by atoms with Crippen molar-refractivity contribution < 1.29 is 9.47 Å². The number of para-hydroxylation sites is 1. The standard InChI is InChI=1S/C16H14N4O2S/c1-23-15-13(11-17)16(20-14(19-15)7-8-18-20)22-10-9-21-12-5-3-2-4-6-12/h2-8H,9-10H2,1H3. The second-order valence-corrected chi connectivity index (χ2v) is 5.32. The summed E-state index contributed by atoms with van der Waals surface area (Å²) in [5, 5.41) is 14.2. The van der Waals surface area contributed by atoms with Gasteiger partial charge < -0.3 is 9.47 Å². The number of thioether (sulfide) groups is 1. The zero-order chi connectivity index (χ0) is 16.1. The zero-order valence-corrected chi connectivity index (χ0v) is 13.3. The van der Waals surface area contributed by atoms with Crippen molar-refractivity contribution >= 4 is 17.4 Å². The Balaban J connectivity index is 1.76. The van der Waals surface area contributed by atoms with Crippen molar-refractivity contribution in [3.05, 3.63) is 48.2 Å². The number of aromatic nitrogens is 3. The first-order valence-corrected chi connectivity index (χ1v) is 8.18. The molecular weight excluding hydrogens is 312 g/mol. The fourth-order valence-corrected chi connectivity index (χ4v) is 2.61.